The lowest BCUT2D eigenvalue weighted by atomic mass is 9.93. The second-order valence-electron chi connectivity index (χ2n) is 5.25. The van der Waals surface area contributed by atoms with Crippen LogP contribution in [0.2, 0.25) is 0 Å². The van der Waals surface area contributed by atoms with Crippen LogP contribution >= 0.6 is 0 Å². The molecule has 2 aliphatic heterocycles. The van der Waals surface area contributed by atoms with Crippen molar-refractivity contribution in [3.63, 3.8) is 0 Å². The van der Waals surface area contributed by atoms with E-state index in [0.717, 1.165) is 6.42 Å². The second kappa shape index (κ2) is 4.75. The van der Waals surface area contributed by atoms with E-state index >= 15 is 0 Å². The summed E-state index contributed by atoms with van der Waals surface area (Å²) in [6, 6.07) is 6.01. The number of nitrogen functional groups attached to an aromatic ring is 1. The van der Waals surface area contributed by atoms with Crippen LogP contribution in [0, 0.1) is 5.92 Å². The number of carbonyl (C=O) groups is 1. The van der Waals surface area contributed by atoms with E-state index in [0.29, 0.717) is 25.2 Å². The van der Waals surface area contributed by atoms with Crippen molar-refractivity contribution < 1.29 is 13.2 Å². The van der Waals surface area contributed by atoms with Gasteiger partial charge in [-0.1, -0.05) is 6.07 Å². The first-order chi connectivity index (χ1) is 9.50. The summed E-state index contributed by atoms with van der Waals surface area (Å²) < 4.78 is 26.9. The van der Waals surface area contributed by atoms with Crippen LogP contribution in [0.4, 0.5) is 5.69 Å². The summed E-state index contributed by atoms with van der Waals surface area (Å²) in [6.07, 6.45) is 1.45. The Kier molecular flexibility index (Phi) is 3.18. The van der Waals surface area contributed by atoms with Crippen LogP contribution in [0.1, 0.15) is 12.8 Å². The number of nitrogens with one attached hydrogen (secondary N) is 1. The molecule has 0 bridgehead atoms. The van der Waals surface area contributed by atoms with Crippen molar-refractivity contribution in [2.45, 2.75) is 23.8 Å². The Bertz CT molecular complexity index is 644. The van der Waals surface area contributed by atoms with E-state index in [1.54, 1.807) is 18.2 Å². The van der Waals surface area contributed by atoms with Gasteiger partial charge in [-0.3, -0.25) is 4.79 Å². The maximum Gasteiger partial charge on any atom is 0.243 e. The van der Waals surface area contributed by atoms with E-state index in [4.69, 9.17) is 5.73 Å². The standard InChI is InChI=1S/C13H17N3O3S/c14-9-3-1-4-10(7-9)20(18,19)16-6-2-5-11-12(16)8-15-13(11)17/h1,3-4,7,11-12H,2,5-6,8,14H2,(H,15,17). The first-order valence-electron chi connectivity index (χ1n) is 6.65. The minimum Gasteiger partial charge on any atom is -0.399 e. The maximum atomic E-state index is 12.7. The lowest BCUT2D eigenvalue weighted by Gasteiger charge is -2.34. The Hall–Kier alpha value is -1.60. The van der Waals surface area contributed by atoms with Gasteiger partial charge in [0.05, 0.1) is 16.9 Å². The highest BCUT2D eigenvalue weighted by molar-refractivity contribution is 7.89. The zero-order valence-corrected chi connectivity index (χ0v) is 11.8. The van der Waals surface area contributed by atoms with Gasteiger partial charge in [0.15, 0.2) is 0 Å². The number of amides is 1. The molecule has 6 nitrogen and oxygen atoms in total. The lowest BCUT2D eigenvalue weighted by molar-refractivity contribution is -0.123. The van der Waals surface area contributed by atoms with E-state index in [1.165, 1.54) is 10.4 Å². The minimum absolute atomic E-state index is 0.0394. The topological polar surface area (TPSA) is 92.5 Å². The second-order valence-corrected chi connectivity index (χ2v) is 7.14. The predicted octanol–water partition coefficient (Wildman–Crippen LogP) is 0.168. The molecule has 2 saturated heterocycles. The Morgan fingerprint density at radius 1 is 1.35 bits per heavy atom. The van der Waals surface area contributed by atoms with Crippen molar-refractivity contribution in [1.82, 2.24) is 9.62 Å². The molecule has 1 amide bonds. The van der Waals surface area contributed by atoms with E-state index in [2.05, 4.69) is 5.32 Å². The van der Waals surface area contributed by atoms with Crippen molar-refractivity contribution >= 4 is 21.6 Å². The maximum absolute atomic E-state index is 12.7. The van der Waals surface area contributed by atoms with E-state index < -0.39 is 10.0 Å². The molecule has 20 heavy (non-hydrogen) atoms. The molecule has 1 aromatic carbocycles. The van der Waals surface area contributed by atoms with Gasteiger partial charge in [-0.15, -0.1) is 0 Å². The number of sulfonamides is 1. The highest BCUT2D eigenvalue weighted by atomic mass is 32.2. The molecule has 1 aromatic rings. The molecule has 108 valence electrons. The molecule has 0 aromatic heterocycles. The summed E-state index contributed by atoms with van der Waals surface area (Å²) in [7, 11) is -3.60. The van der Waals surface area contributed by atoms with Crippen molar-refractivity contribution in [3.8, 4) is 0 Å². The number of hydrogen-bond acceptors (Lipinski definition) is 4. The molecular weight excluding hydrogens is 278 g/mol. The van der Waals surface area contributed by atoms with Crippen molar-refractivity contribution in [3.05, 3.63) is 24.3 Å². The number of carbonyl (C=O) groups excluding carboxylic acids is 1. The smallest absolute Gasteiger partial charge is 0.243 e. The first-order valence-corrected chi connectivity index (χ1v) is 8.09. The van der Waals surface area contributed by atoms with Crippen LogP contribution in [0.15, 0.2) is 29.2 Å². The van der Waals surface area contributed by atoms with Crippen LogP contribution in [0.5, 0.6) is 0 Å². The molecular formula is C13H17N3O3S. The number of nitrogens with zero attached hydrogens (tertiary/aromatic N) is 1. The molecule has 0 saturated carbocycles. The summed E-state index contributed by atoms with van der Waals surface area (Å²) in [5.74, 6) is -0.262. The molecule has 3 N–H and O–H groups in total. The third-order valence-corrected chi connectivity index (χ3v) is 5.94. The van der Waals surface area contributed by atoms with E-state index in [-0.39, 0.29) is 22.8 Å². The number of anilines is 1. The molecule has 7 heteroatoms. The van der Waals surface area contributed by atoms with Crippen LogP contribution in [0.3, 0.4) is 0 Å². The number of fused-ring (bicyclic) bond motifs is 1. The van der Waals surface area contributed by atoms with Gasteiger partial charge in [0.2, 0.25) is 15.9 Å². The average Bonchev–Trinajstić information content (AvgIpc) is 2.80. The Morgan fingerprint density at radius 2 is 2.15 bits per heavy atom. The minimum atomic E-state index is -3.60. The summed E-state index contributed by atoms with van der Waals surface area (Å²) in [6.45, 7) is 0.846. The van der Waals surface area contributed by atoms with Crippen LogP contribution in [0.25, 0.3) is 0 Å². The molecule has 2 unspecified atom stereocenters. The van der Waals surface area contributed by atoms with Gasteiger partial charge in [-0.25, -0.2) is 8.42 Å². The molecule has 0 radical (unpaired) electrons. The number of rotatable bonds is 2. The lowest BCUT2D eigenvalue weighted by Crippen LogP contribution is -2.48. The van der Waals surface area contributed by atoms with Crippen LogP contribution in [-0.2, 0) is 14.8 Å². The fourth-order valence-electron chi connectivity index (χ4n) is 3.02. The molecule has 2 atom stereocenters. The zero-order chi connectivity index (χ0) is 14.3. The molecule has 0 aliphatic carbocycles. The molecule has 2 fully saturated rings. The monoisotopic (exact) mass is 295 g/mol. The number of hydrogen-bond donors (Lipinski definition) is 2. The Balaban J connectivity index is 1.97. The fourth-order valence-corrected chi connectivity index (χ4v) is 4.77. The number of benzene rings is 1. The normalized spacial score (nSPS) is 27.1. The molecule has 0 spiro atoms. The van der Waals surface area contributed by atoms with E-state index in [1.807, 2.05) is 0 Å². The van der Waals surface area contributed by atoms with Crippen molar-refractivity contribution in [1.29, 1.82) is 0 Å². The van der Waals surface area contributed by atoms with Crippen molar-refractivity contribution in [2.75, 3.05) is 18.8 Å². The van der Waals surface area contributed by atoms with Gasteiger partial charge < -0.3 is 11.1 Å². The van der Waals surface area contributed by atoms with Crippen LogP contribution < -0.4 is 11.1 Å². The fraction of sp³-hybridized carbons (Fsp3) is 0.462. The highest BCUT2D eigenvalue weighted by Gasteiger charge is 2.45. The number of nitrogens with two attached hydrogens (primary N) is 1. The summed E-state index contributed by atoms with van der Waals surface area (Å²) in [5.41, 5.74) is 6.08. The quantitative estimate of drug-likeness (QED) is 0.761. The Morgan fingerprint density at radius 3 is 2.90 bits per heavy atom. The third kappa shape index (κ3) is 2.06. The summed E-state index contributed by atoms with van der Waals surface area (Å²) >= 11 is 0. The van der Waals surface area contributed by atoms with Gasteiger partial charge in [0.1, 0.15) is 0 Å². The number of piperidine rings is 1. The van der Waals surface area contributed by atoms with Gasteiger partial charge in [-0.05, 0) is 31.0 Å². The van der Waals surface area contributed by atoms with Gasteiger partial charge >= 0.3 is 0 Å². The van der Waals surface area contributed by atoms with Crippen LogP contribution in [-0.4, -0.2) is 37.8 Å². The third-order valence-electron chi connectivity index (χ3n) is 4.01. The Labute approximate surface area is 118 Å². The molecule has 3 rings (SSSR count). The molecule has 2 heterocycles. The summed E-state index contributed by atoms with van der Waals surface area (Å²) in [4.78, 5) is 11.9. The highest BCUT2D eigenvalue weighted by Crippen LogP contribution is 2.32. The SMILES string of the molecule is Nc1cccc(S(=O)(=O)N2CCCC3C(=O)NCC32)c1. The van der Waals surface area contributed by atoms with Crippen molar-refractivity contribution in [2.24, 2.45) is 5.92 Å². The van der Waals surface area contributed by atoms with Gasteiger partial charge in [0.25, 0.3) is 0 Å². The molecule has 2 aliphatic rings. The predicted molar refractivity (Wildman–Crippen MR) is 74.3 cm³/mol. The van der Waals surface area contributed by atoms with Gasteiger partial charge in [-0.2, -0.15) is 4.31 Å². The zero-order valence-electron chi connectivity index (χ0n) is 11.0. The summed E-state index contributed by atoms with van der Waals surface area (Å²) in [5, 5.41) is 2.76. The largest absolute Gasteiger partial charge is 0.399 e. The first kappa shape index (κ1) is 13.4. The average molecular weight is 295 g/mol. The van der Waals surface area contributed by atoms with E-state index in [9.17, 15) is 13.2 Å². The van der Waals surface area contributed by atoms with Gasteiger partial charge in [0, 0.05) is 18.8 Å².